The topological polar surface area (TPSA) is 111 Å². The monoisotopic (exact) mass is 486 g/mol. The molecule has 0 spiro atoms. The van der Waals surface area contributed by atoms with E-state index in [-0.39, 0.29) is 17.5 Å². The van der Waals surface area contributed by atoms with E-state index < -0.39 is 24.5 Å². The Bertz CT molecular complexity index is 1250. The number of nitrogens with one attached hydrogen (secondary N) is 2. The number of anilines is 1. The molecule has 0 radical (unpaired) electrons. The second kappa shape index (κ2) is 12.7. The first-order valence-corrected chi connectivity index (χ1v) is 11.2. The molecule has 0 aliphatic carbocycles. The molecule has 0 aromatic heterocycles. The number of esters is 2. The average molecular weight is 487 g/mol. The molecule has 0 saturated carbocycles. The quantitative estimate of drug-likeness (QED) is 0.347. The molecule has 36 heavy (non-hydrogen) atoms. The summed E-state index contributed by atoms with van der Waals surface area (Å²) in [6.07, 6.45) is 2.67. The van der Waals surface area contributed by atoms with Crippen LogP contribution in [0.3, 0.4) is 0 Å². The molecule has 0 aliphatic rings. The standard InChI is InChI=1S/C28H26N2O6/c1-19(21-8-4-3-5-9-21)29-27(33)23-10-6-7-11-24(23)30-25(31)18-36-26(32)17-14-20-12-15-22(16-13-20)28(34)35-2/h3-17,19H,18H2,1-2H3,(H,29,33)(H,30,31)/b17-14+. The molecule has 184 valence electrons. The molecule has 0 bridgehead atoms. The molecular weight excluding hydrogens is 460 g/mol. The summed E-state index contributed by atoms with van der Waals surface area (Å²) < 4.78 is 9.62. The molecule has 2 amide bonds. The van der Waals surface area contributed by atoms with Gasteiger partial charge in [0.05, 0.1) is 30.0 Å². The van der Waals surface area contributed by atoms with Crippen LogP contribution in [0, 0.1) is 0 Å². The highest BCUT2D eigenvalue weighted by Crippen LogP contribution is 2.18. The summed E-state index contributed by atoms with van der Waals surface area (Å²) in [5.74, 6) is -2.11. The Labute approximate surface area is 208 Å². The van der Waals surface area contributed by atoms with Crippen LogP contribution in [0.25, 0.3) is 6.08 Å². The summed E-state index contributed by atoms with van der Waals surface area (Å²) in [6, 6.07) is 22.3. The fourth-order valence-electron chi connectivity index (χ4n) is 3.27. The zero-order chi connectivity index (χ0) is 25.9. The molecule has 2 N–H and O–H groups in total. The van der Waals surface area contributed by atoms with E-state index in [1.165, 1.54) is 19.3 Å². The predicted molar refractivity (Wildman–Crippen MR) is 135 cm³/mol. The smallest absolute Gasteiger partial charge is 0.337 e. The number of amides is 2. The average Bonchev–Trinajstić information content (AvgIpc) is 2.91. The normalized spacial score (nSPS) is 11.4. The third-order valence-electron chi connectivity index (χ3n) is 5.18. The zero-order valence-corrected chi connectivity index (χ0v) is 19.9. The Hall–Kier alpha value is -4.72. The van der Waals surface area contributed by atoms with Crippen LogP contribution in [-0.4, -0.2) is 37.5 Å². The SMILES string of the molecule is COC(=O)c1ccc(/C=C/C(=O)OCC(=O)Nc2ccccc2C(=O)NC(C)c2ccccc2)cc1. The van der Waals surface area contributed by atoms with Crippen molar-refractivity contribution >= 4 is 35.5 Å². The van der Waals surface area contributed by atoms with E-state index in [1.54, 1.807) is 48.5 Å². The largest absolute Gasteiger partial charge is 0.465 e. The Morgan fingerprint density at radius 2 is 1.56 bits per heavy atom. The number of hydrogen-bond acceptors (Lipinski definition) is 6. The lowest BCUT2D eigenvalue weighted by Gasteiger charge is -2.16. The Morgan fingerprint density at radius 3 is 2.25 bits per heavy atom. The fraction of sp³-hybridized carbons (Fsp3) is 0.143. The van der Waals surface area contributed by atoms with Gasteiger partial charge in [-0.05, 0) is 48.4 Å². The predicted octanol–water partition coefficient (Wildman–Crippen LogP) is 4.16. The third-order valence-corrected chi connectivity index (χ3v) is 5.18. The van der Waals surface area contributed by atoms with E-state index in [1.807, 2.05) is 37.3 Å². The van der Waals surface area contributed by atoms with Gasteiger partial charge in [0.1, 0.15) is 0 Å². The van der Waals surface area contributed by atoms with Gasteiger partial charge in [-0.25, -0.2) is 9.59 Å². The van der Waals surface area contributed by atoms with Gasteiger partial charge in [0.15, 0.2) is 6.61 Å². The van der Waals surface area contributed by atoms with E-state index in [0.29, 0.717) is 16.8 Å². The first kappa shape index (κ1) is 25.9. The maximum atomic E-state index is 12.8. The Morgan fingerprint density at radius 1 is 0.889 bits per heavy atom. The van der Waals surface area contributed by atoms with Crippen molar-refractivity contribution in [1.29, 1.82) is 0 Å². The molecule has 1 atom stereocenters. The Balaban J connectivity index is 1.53. The van der Waals surface area contributed by atoms with Gasteiger partial charge >= 0.3 is 11.9 Å². The van der Waals surface area contributed by atoms with Gasteiger partial charge in [-0.1, -0.05) is 54.6 Å². The van der Waals surface area contributed by atoms with Gasteiger partial charge in [-0.3, -0.25) is 9.59 Å². The van der Waals surface area contributed by atoms with Crippen LogP contribution in [-0.2, 0) is 19.1 Å². The maximum absolute atomic E-state index is 12.8. The highest BCUT2D eigenvalue weighted by atomic mass is 16.5. The highest BCUT2D eigenvalue weighted by Gasteiger charge is 2.16. The number of hydrogen-bond donors (Lipinski definition) is 2. The van der Waals surface area contributed by atoms with Crippen molar-refractivity contribution in [3.05, 3.63) is 107 Å². The lowest BCUT2D eigenvalue weighted by atomic mass is 10.1. The number of para-hydroxylation sites is 1. The number of rotatable bonds is 9. The number of ether oxygens (including phenoxy) is 2. The van der Waals surface area contributed by atoms with Crippen molar-refractivity contribution in [2.24, 2.45) is 0 Å². The van der Waals surface area contributed by atoms with Gasteiger partial charge in [0.25, 0.3) is 11.8 Å². The van der Waals surface area contributed by atoms with E-state index in [4.69, 9.17) is 4.74 Å². The van der Waals surface area contributed by atoms with E-state index in [0.717, 1.165) is 5.56 Å². The summed E-state index contributed by atoms with van der Waals surface area (Å²) in [5, 5.41) is 5.52. The second-order valence-corrected chi connectivity index (χ2v) is 7.75. The summed E-state index contributed by atoms with van der Waals surface area (Å²) in [4.78, 5) is 48.6. The summed E-state index contributed by atoms with van der Waals surface area (Å²) in [5.41, 5.74) is 2.59. The fourth-order valence-corrected chi connectivity index (χ4v) is 3.27. The minimum absolute atomic E-state index is 0.230. The summed E-state index contributed by atoms with van der Waals surface area (Å²) >= 11 is 0. The van der Waals surface area contributed by atoms with Crippen LogP contribution in [0.1, 0.15) is 44.8 Å². The van der Waals surface area contributed by atoms with Gasteiger partial charge in [-0.15, -0.1) is 0 Å². The van der Waals surface area contributed by atoms with Crippen LogP contribution in [0.2, 0.25) is 0 Å². The molecule has 8 heteroatoms. The van der Waals surface area contributed by atoms with Gasteiger partial charge in [0.2, 0.25) is 0 Å². The molecule has 3 aromatic rings. The number of methoxy groups -OCH3 is 1. The van der Waals surface area contributed by atoms with Crippen LogP contribution in [0.4, 0.5) is 5.69 Å². The van der Waals surface area contributed by atoms with Crippen molar-refractivity contribution in [2.45, 2.75) is 13.0 Å². The van der Waals surface area contributed by atoms with Crippen molar-refractivity contribution in [1.82, 2.24) is 5.32 Å². The number of carbonyl (C=O) groups is 4. The van der Waals surface area contributed by atoms with Gasteiger partial charge < -0.3 is 20.1 Å². The first-order valence-electron chi connectivity index (χ1n) is 11.2. The lowest BCUT2D eigenvalue weighted by molar-refractivity contribution is -0.142. The lowest BCUT2D eigenvalue weighted by Crippen LogP contribution is -2.28. The van der Waals surface area contributed by atoms with Crippen LogP contribution in [0.15, 0.2) is 84.9 Å². The minimum atomic E-state index is -0.718. The third kappa shape index (κ3) is 7.39. The van der Waals surface area contributed by atoms with Gasteiger partial charge in [-0.2, -0.15) is 0 Å². The van der Waals surface area contributed by atoms with Crippen molar-refractivity contribution in [3.8, 4) is 0 Å². The van der Waals surface area contributed by atoms with Crippen LogP contribution in [0.5, 0.6) is 0 Å². The van der Waals surface area contributed by atoms with E-state index in [9.17, 15) is 19.2 Å². The van der Waals surface area contributed by atoms with Gasteiger partial charge in [0, 0.05) is 6.08 Å². The van der Waals surface area contributed by atoms with E-state index >= 15 is 0 Å². The molecule has 0 heterocycles. The first-order chi connectivity index (χ1) is 17.4. The summed E-state index contributed by atoms with van der Waals surface area (Å²) in [7, 11) is 1.29. The molecular formula is C28H26N2O6. The van der Waals surface area contributed by atoms with Crippen LogP contribution >= 0.6 is 0 Å². The molecule has 3 aromatic carbocycles. The molecule has 0 saturated heterocycles. The van der Waals surface area contributed by atoms with Crippen molar-refractivity contribution in [3.63, 3.8) is 0 Å². The number of benzene rings is 3. The van der Waals surface area contributed by atoms with Crippen LogP contribution < -0.4 is 10.6 Å². The van der Waals surface area contributed by atoms with Crippen molar-refractivity contribution < 1.29 is 28.7 Å². The number of carbonyl (C=O) groups excluding carboxylic acids is 4. The second-order valence-electron chi connectivity index (χ2n) is 7.75. The molecule has 1 unspecified atom stereocenters. The highest BCUT2D eigenvalue weighted by molar-refractivity contribution is 6.04. The molecule has 0 fully saturated rings. The minimum Gasteiger partial charge on any atom is -0.465 e. The molecule has 8 nitrogen and oxygen atoms in total. The van der Waals surface area contributed by atoms with E-state index in [2.05, 4.69) is 15.4 Å². The van der Waals surface area contributed by atoms with Crippen molar-refractivity contribution in [2.75, 3.05) is 19.0 Å². The zero-order valence-electron chi connectivity index (χ0n) is 19.9. The maximum Gasteiger partial charge on any atom is 0.337 e. The molecule has 0 aliphatic heterocycles. The Kier molecular flexibility index (Phi) is 9.11. The summed E-state index contributed by atoms with van der Waals surface area (Å²) in [6.45, 7) is 1.34. The molecule has 3 rings (SSSR count).